The van der Waals surface area contributed by atoms with Crippen LogP contribution in [0.3, 0.4) is 0 Å². The van der Waals surface area contributed by atoms with Gasteiger partial charge < -0.3 is 9.88 Å². The number of fused-ring (bicyclic) bond motifs is 1. The molecule has 1 unspecified atom stereocenters. The van der Waals surface area contributed by atoms with Crippen LogP contribution in [0.5, 0.6) is 0 Å². The molecule has 6 heteroatoms. The molecule has 2 aromatic carbocycles. The van der Waals surface area contributed by atoms with Crippen LogP contribution in [0.4, 0.5) is 5.69 Å². The van der Waals surface area contributed by atoms with Crippen LogP contribution in [0.15, 0.2) is 58.6 Å². The minimum absolute atomic E-state index is 0.0199. The van der Waals surface area contributed by atoms with Crippen molar-refractivity contribution in [2.24, 2.45) is 7.05 Å². The fraction of sp³-hybridized carbons (Fsp3) is 0.222. The normalized spacial score (nSPS) is 12.3. The Hall–Kier alpha value is -1.92. The summed E-state index contributed by atoms with van der Waals surface area (Å²) in [6, 6.07) is 15.8. The average molecular weight is 358 g/mol. The number of aryl methyl sites for hydroxylation is 1. The van der Waals surface area contributed by atoms with Gasteiger partial charge in [-0.3, -0.25) is 4.79 Å². The van der Waals surface area contributed by atoms with E-state index in [-0.39, 0.29) is 11.2 Å². The first-order chi connectivity index (χ1) is 11.6. The Morgan fingerprint density at radius 2 is 1.88 bits per heavy atom. The molecule has 0 spiro atoms. The van der Waals surface area contributed by atoms with Crippen molar-refractivity contribution in [2.45, 2.75) is 22.2 Å². The van der Waals surface area contributed by atoms with Crippen molar-refractivity contribution >= 4 is 46.2 Å². The lowest BCUT2D eigenvalue weighted by molar-refractivity contribution is -0.115. The molecule has 0 fully saturated rings. The van der Waals surface area contributed by atoms with Crippen LogP contribution in [0.2, 0.25) is 0 Å². The van der Waals surface area contributed by atoms with E-state index in [2.05, 4.69) is 10.3 Å². The van der Waals surface area contributed by atoms with Gasteiger partial charge >= 0.3 is 0 Å². The van der Waals surface area contributed by atoms with E-state index in [0.29, 0.717) is 0 Å². The predicted molar refractivity (Wildman–Crippen MR) is 103 cm³/mol. The molecule has 0 aliphatic heterocycles. The first kappa shape index (κ1) is 16.9. The molecule has 0 aliphatic rings. The number of hydrogen-bond donors (Lipinski definition) is 1. The molecule has 1 N–H and O–H groups in total. The third-order valence-electron chi connectivity index (χ3n) is 3.76. The fourth-order valence-corrected chi connectivity index (χ4v) is 3.87. The van der Waals surface area contributed by atoms with Crippen molar-refractivity contribution in [3.8, 4) is 0 Å². The monoisotopic (exact) mass is 357 g/mol. The van der Waals surface area contributed by atoms with Gasteiger partial charge in [-0.1, -0.05) is 36.0 Å². The number of carbonyl (C=O) groups excluding carboxylic acids is 1. The summed E-state index contributed by atoms with van der Waals surface area (Å²) in [6.07, 6.45) is 2.00. The number of aromatic nitrogens is 2. The van der Waals surface area contributed by atoms with Gasteiger partial charge in [-0.05, 0) is 37.4 Å². The maximum atomic E-state index is 12.5. The summed E-state index contributed by atoms with van der Waals surface area (Å²) in [5.41, 5.74) is 2.87. The van der Waals surface area contributed by atoms with Crippen LogP contribution < -0.4 is 5.32 Å². The Morgan fingerprint density at radius 3 is 2.62 bits per heavy atom. The van der Waals surface area contributed by atoms with Crippen LogP contribution in [0, 0.1) is 0 Å². The second-order valence-electron chi connectivity index (χ2n) is 5.39. The van der Waals surface area contributed by atoms with E-state index < -0.39 is 0 Å². The highest BCUT2D eigenvalue weighted by atomic mass is 32.2. The number of rotatable bonds is 5. The number of nitrogens with zero attached hydrogens (tertiary/aromatic N) is 2. The quantitative estimate of drug-likeness (QED) is 0.687. The minimum Gasteiger partial charge on any atom is -0.324 e. The molecule has 0 aliphatic carbocycles. The van der Waals surface area contributed by atoms with E-state index in [1.165, 1.54) is 11.8 Å². The molecular weight excluding hydrogens is 338 g/mol. The van der Waals surface area contributed by atoms with Gasteiger partial charge in [0.25, 0.3) is 0 Å². The van der Waals surface area contributed by atoms with E-state index in [1.807, 2.05) is 73.3 Å². The highest BCUT2D eigenvalue weighted by Crippen LogP contribution is 2.28. The number of carbonyl (C=O) groups is 1. The Kier molecular flexibility index (Phi) is 5.16. The molecule has 4 nitrogen and oxygen atoms in total. The van der Waals surface area contributed by atoms with Crippen molar-refractivity contribution in [1.29, 1.82) is 0 Å². The van der Waals surface area contributed by atoms with Crippen molar-refractivity contribution < 1.29 is 4.79 Å². The molecule has 1 atom stereocenters. The Labute approximate surface area is 150 Å². The van der Waals surface area contributed by atoms with Gasteiger partial charge in [-0.2, -0.15) is 0 Å². The molecular formula is C18H19N3OS2. The van der Waals surface area contributed by atoms with Crippen molar-refractivity contribution in [3.05, 3.63) is 48.5 Å². The van der Waals surface area contributed by atoms with E-state index >= 15 is 0 Å². The van der Waals surface area contributed by atoms with Crippen LogP contribution in [0.25, 0.3) is 11.0 Å². The van der Waals surface area contributed by atoms with E-state index in [1.54, 1.807) is 11.8 Å². The van der Waals surface area contributed by atoms with Crippen LogP contribution in [-0.2, 0) is 11.8 Å². The van der Waals surface area contributed by atoms with Crippen LogP contribution in [0.1, 0.15) is 6.92 Å². The molecule has 24 heavy (non-hydrogen) atoms. The second kappa shape index (κ2) is 7.32. The summed E-state index contributed by atoms with van der Waals surface area (Å²) < 4.78 is 2.03. The van der Waals surface area contributed by atoms with Crippen molar-refractivity contribution in [1.82, 2.24) is 9.55 Å². The number of nitrogens with one attached hydrogen (secondary N) is 1. The molecule has 0 saturated carbocycles. The van der Waals surface area contributed by atoms with Gasteiger partial charge in [0.05, 0.1) is 22.0 Å². The second-order valence-corrected chi connectivity index (χ2v) is 7.55. The topological polar surface area (TPSA) is 46.9 Å². The zero-order chi connectivity index (χ0) is 17.1. The first-order valence-electron chi connectivity index (χ1n) is 7.62. The van der Waals surface area contributed by atoms with Gasteiger partial charge in [0.1, 0.15) is 0 Å². The minimum atomic E-state index is -0.240. The summed E-state index contributed by atoms with van der Waals surface area (Å²) in [5.74, 6) is -0.0199. The van der Waals surface area contributed by atoms with Crippen LogP contribution >= 0.6 is 23.5 Å². The Morgan fingerprint density at radius 1 is 1.17 bits per heavy atom. The van der Waals surface area contributed by atoms with Crippen LogP contribution in [-0.4, -0.2) is 27.0 Å². The maximum absolute atomic E-state index is 12.5. The zero-order valence-corrected chi connectivity index (χ0v) is 15.4. The van der Waals surface area contributed by atoms with E-state index in [4.69, 9.17) is 0 Å². The number of imidazole rings is 1. The Balaban J connectivity index is 1.75. The number of thioether (sulfide) groups is 2. The van der Waals surface area contributed by atoms with Crippen molar-refractivity contribution in [3.63, 3.8) is 0 Å². The molecule has 3 rings (SSSR count). The molecule has 0 radical (unpaired) electrons. The molecule has 1 amide bonds. The third kappa shape index (κ3) is 3.44. The number of anilines is 1. The zero-order valence-electron chi connectivity index (χ0n) is 13.8. The average Bonchev–Trinajstić information content (AvgIpc) is 2.91. The number of amides is 1. The first-order valence-corrected chi connectivity index (χ1v) is 9.72. The lowest BCUT2D eigenvalue weighted by Gasteiger charge is -2.13. The third-order valence-corrected chi connectivity index (χ3v) is 5.70. The summed E-state index contributed by atoms with van der Waals surface area (Å²) in [4.78, 5) is 18.2. The largest absolute Gasteiger partial charge is 0.324 e. The van der Waals surface area contributed by atoms with E-state index in [0.717, 1.165) is 26.8 Å². The maximum Gasteiger partial charge on any atom is 0.237 e. The lowest BCUT2D eigenvalue weighted by Crippen LogP contribution is -2.23. The molecule has 124 valence electrons. The molecule has 1 heterocycles. The molecule has 1 aromatic heterocycles. The highest BCUT2D eigenvalue weighted by molar-refractivity contribution is 8.00. The van der Waals surface area contributed by atoms with Gasteiger partial charge in [-0.15, -0.1) is 11.8 Å². The van der Waals surface area contributed by atoms with Crippen molar-refractivity contribution in [2.75, 3.05) is 11.6 Å². The summed E-state index contributed by atoms with van der Waals surface area (Å²) in [5, 5.41) is 3.62. The molecule has 3 aromatic rings. The highest BCUT2D eigenvalue weighted by Gasteiger charge is 2.19. The summed E-state index contributed by atoms with van der Waals surface area (Å²) in [7, 11) is 1.98. The summed E-state index contributed by atoms with van der Waals surface area (Å²) in [6.45, 7) is 1.90. The molecule has 0 saturated heterocycles. The van der Waals surface area contributed by atoms with Gasteiger partial charge in [0, 0.05) is 11.9 Å². The Bertz CT molecular complexity index is 876. The van der Waals surface area contributed by atoms with Gasteiger partial charge in [0.15, 0.2) is 5.16 Å². The predicted octanol–water partition coefficient (Wildman–Crippen LogP) is 4.41. The lowest BCUT2D eigenvalue weighted by atomic mass is 10.3. The molecule has 0 bridgehead atoms. The van der Waals surface area contributed by atoms with Gasteiger partial charge in [0.2, 0.25) is 5.91 Å². The SMILES string of the molecule is CSc1ccccc1NC(=O)C(C)Sc1nc2ccccc2n1C. The van der Waals surface area contributed by atoms with Gasteiger partial charge in [-0.25, -0.2) is 4.98 Å². The number of para-hydroxylation sites is 3. The fourth-order valence-electron chi connectivity index (χ4n) is 2.42. The summed E-state index contributed by atoms with van der Waals surface area (Å²) >= 11 is 3.09. The standard InChI is InChI=1S/C18H19N3OS2/c1-12(17(22)19-14-9-5-7-11-16(14)23-3)24-18-20-13-8-4-6-10-15(13)21(18)2/h4-12H,1-3H3,(H,19,22). The smallest absolute Gasteiger partial charge is 0.237 e. The number of benzene rings is 2. The number of hydrogen-bond acceptors (Lipinski definition) is 4. The van der Waals surface area contributed by atoms with E-state index in [9.17, 15) is 4.79 Å².